The third-order valence-corrected chi connectivity index (χ3v) is 4.11. The predicted molar refractivity (Wildman–Crippen MR) is 101 cm³/mol. The molecule has 0 atom stereocenters. The van der Waals surface area contributed by atoms with Gasteiger partial charge in [0, 0.05) is 18.7 Å². The van der Waals surface area contributed by atoms with E-state index in [-0.39, 0.29) is 0 Å². The van der Waals surface area contributed by atoms with Crippen LogP contribution in [0.2, 0.25) is 0 Å². The number of ether oxygens (including phenoxy) is 4. The molecule has 2 aromatic heterocycles. The first-order valence-electron chi connectivity index (χ1n) is 8.57. The number of rotatable bonds is 8. The van der Waals surface area contributed by atoms with E-state index in [1.807, 2.05) is 4.57 Å². The molecular weight excluding hydrogens is 350 g/mol. The lowest BCUT2D eigenvalue weighted by Crippen LogP contribution is -2.03. The van der Waals surface area contributed by atoms with E-state index in [0.717, 1.165) is 12.8 Å². The zero-order chi connectivity index (χ0) is 19.4. The number of methoxy groups -OCH3 is 3. The number of anilines is 1. The molecule has 3 aromatic rings. The fraction of sp³-hybridized carbons (Fsp3) is 0.389. The molecule has 0 radical (unpaired) electrons. The average Bonchev–Trinajstić information content (AvgIpc) is 3.03. The van der Waals surface area contributed by atoms with Crippen molar-refractivity contribution in [2.75, 3.05) is 27.1 Å². The lowest BCUT2D eigenvalue weighted by atomic mass is 10.2. The number of benzene rings is 1. The largest absolute Gasteiger partial charge is 0.493 e. The Morgan fingerprint density at radius 1 is 1.04 bits per heavy atom. The van der Waals surface area contributed by atoms with Gasteiger partial charge in [-0.05, 0) is 6.42 Å². The molecule has 144 valence electrons. The van der Waals surface area contributed by atoms with Gasteiger partial charge < -0.3 is 24.7 Å². The van der Waals surface area contributed by atoms with Gasteiger partial charge in [0.05, 0.1) is 21.3 Å². The van der Waals surface area contributed by atoms with Crippen molar-refractivity contribution in [3.05, 3.63) is 18.5 Å². The van der Waals surface area contributed by atoms with Crippen LogP contribution in [0.1, 0.15) is 19.8 Å². The van der Waals surface area contributed by atoms with Crippen molar-refractivity contribution in [3.8, 4) is 29.0 Å². The first-order chi connectivity index (χ1) is 13.1. The van der Waals surface area contributed by atoms with E-state index in [9.17, 15) is 0 Å². The van der Waals surface area contributed by atoms with E-state index in [1.165, 1.54) is 6.33 Å². The van der Waals surface area contributed by atoms with Gasteiger partial charge in [-0.2, -0.15) is 4.98 Å². The van der Waals surface area contributed by atoms with Crippen molar-refractivity contribution >= 4 is 17.0 Å². The van der Waals surface area contributed by atoms with Crippen LogP contribution in [0.5, 0.6) is 29.0 Å². The molecule has 0 aliphatic rings. The first-order valence-corrected chi connectivity index (χ1v) is 8.57. The highest BCUT2D eigenvalue weighted by Crippen LogP contribution is 2.42. The summed E-state index contributed by atoms with van der Waals surface area (Å²) < 4.78 is 24.0. The van der Waals surface area contributed by atoms with Gasteiger partial charge in [0.2, 0.25) is 5.75 Å². The summed E-state index contributed by atoms with van der Waals surface area (Å²) in [5.74, 6) is 2.26. The summed E-state index contributed by atoms with van der Waals surface area (Å²) in [6.45, 7) is 2.81. The van der Waals surface area contributed by atoms with Crippen molar-refractivity contribution in [3.63, 3.8) is 0 Å². The second kappa shape index (κ2) is 7.98. The first kappa shape index (κ1) is 18.6. The van der Waals surface area contributed by atoms with Crippen molar-refractivity contribution in [1.29, 1.82) is 0 Å². The number of nitrogen functional groups attached to an aromatic ring is 1. The van der Waals surface area contributed by atoms with Crippen LogP contribution in [0.15, 0.2) is 18.5 Å². The lowest BCUT2D eigenvalue weighted by molar-refractivity contribution is 0.319. The molecule has 2 heterocycles. The maximum absolute atomic E-state index is 6.04. The normalized spacial score (nSPS) is 10.8. The number of imidazole rings is 1. The third-order valence-electron chi connectivity index (χ3n) is 4.11. The lowest BCUT2D eigenvalue weighted by Gasteiger charge is -2.14. The van der Waals surface area contributed by atoms with E-state index in [1.54, 1.807) is 33.5 Å². The summed E-state index contributed by atoms with van der Waals surface area (Å²) in [6.07, 6.45) is 3.38. The van der Waals surface area contributed by atoms with Gasteiger partial charge in [-0.1, -0.05) is 13.3 Å². The van der Waals surface area contributed by atoms with Crippen molar-refractivity contribution in [2.24, 2.45) is 0 Å². The molecule has 0 spiro atoms. The summed E-state index contributed by atoms with van der Waals surface area (Å²) >= 11 is 0. The van der Waals surface area contributed by atoms with Crippen LogP contribution >= 0.6 is 0 Å². The molecule has 2 N–H and O–H groups in total. The maximum Gasteiger partial charge on any atom is 0.304 e. The van der Waals surface area contributed by atoms with Crippen LogP contribution in [-0.2, 0) is 6.54 Å². The molecule has 0 aliphatic heterocycles. The molecule has 0 unspecified atom stereocenters. The molecule has 0 bridgehead atoms. The van der Waals surface area contributed by atoms with Crippen molar-refractivity contribution < 1.29 is 18.9 Å². The standard InChI is InChI=1S/C18H23N5O4/c1-5-6-7-23-17-14(16(19)20-10-21-17)22-18(23)27-11-8-12(24-2)15(26-4)13(9-11)25-3/h8-10H,5-7H2,1-4H3,(H2,19,20,21). The van der Waals surface area contributed by atoms with Crippen LogP contribution < -0.4 is 24.7 Å². The molecular formula is C18H23N5O4. The van der Waals surface area contributed by atoms with Crippen LogP contribution in [0.25, 0.3) is 11.2 Å². The Morgan fingerprint density at radius 3 is 2.33 bits per heavy atom. The van der Waals surface area contributed by atoms with Gasteiger partial charge in [0.1, 0.15) is 12.1 Å². The van der Waals surface area contributed by atoms with E-state index in [0.29, 0.717) is 52.5 Å². The number of aryl methyl sites for hydroxylation is 1. The summed E-state index contributed by atoms with van der Waals surface area (Å²) in [4.78, 5) is 12.8. The Bertz CT molecular complexity index is 916. The Hall–Kier alpha value is -3.23. The van der Waals surface area contributed by atoms with Gasteiger partial charge >= 0.3 is 6.01 Å². The second-order valence-corrected chi connectivity index (χ2v) is 5.79. The summed E-state index contributed by atoms with van der Waals surface area (Å²) in [5.41, 5.74) is 7.10. The third kappa shape index (κ3) is 3.53. The molecule has 0 fully saturated rings. The van der Waals surface area contributed by atoms with Crippen molar-refractivity contribution in [1.82, 2.24) is 19.5 Å². The van der Waals surface area contributed by atoms with Crippen molar-refractivity contribution in [2.45, 2.75) is 26.3 Å². The minimum Gasteiger partial charge on any atom is -0.493 e. The minimum atomic E-state index is 0.310. The molecule has 27 heavy (non-hydrogen) atoms. The molecule has 3 rings (SSSR count). The minimum absolute atomic E-state index is 0.310. The predicted octanol–water partition coefficient (Wildman–Crippen LogP) is 3.03. The summed E-state index contributed by atoms with van der Waals surface area (Å²) in [5, 5.41) is 0. The highest BCUT2D eigenvalue weighted by atomic mass is 16.5. The number of fused-ring (bicyclic) bond motifs is 1. The van der Waals surface area contributed by atoms with E-state index in [4.69, 9.17) is 24.7 Å². The zero-order valence-corrected chi connectivity index (χ0v) is 15.9. The van der Waals surface area contributed by atoms with E-state index in [2.05, 4.69) is 21.9 Å². The fourth-order valence-corrected chi connectivity index (χ4v) is 2.75. The molecule has 0 amide bonds. The van der Waals surface area contributed by atoms with E-state index < -0.39 is 0 Å². The number of hydrogen-bond donors (Lipinski definition) is 1. The fourth-order valence-electron chi connectivity index (χ4n) is 2.75. The number of aromatic nitrogens is 4. The van der Waals surface area contributed by atoms with Gasteiger partial charge in [-0.3, -0.25) is 4.57 Å². The zero-order valence-electron chi connectivity index (χ0n) is 15.9. The average molecular weight is 373 g/mol. The summed E-state index contributed by atoms with van der Waals surface area (Å²) in [6, 6.07) is 3.79. The molecule has 9 heteroatoms. The Kier molecular flexibility index (Phi) is 5.49. The Labute approximate surface area is 157 Å². The van der Waals surface area contributed by atoms with Gasteiger partial charge in [0.25, 0.3) is 0 Å². The van der Waals surface area contributed by atoms with Gasteiger partial charge in [-0.25, -0.2) is 9.97 Å². The quantitative estimate of drug-likeness (QED) is 0.642. The SMILES string of the molecule is CCCCn1c(Oc2cc(OC)c(OC)c(OC)c2)nc2c(N)ncnc21. The molecule has 1 aromatic carbocycles. The Balaban J connectivity index is 2.07. The highest BCUT2D eigenvalue weighted by molar-refractivity contribution is 5.82. The number of nitrogens with zero attached hydrogens (tertiary/aromatic N) is 4. The van der Waals surface area contributed by atoms with Crippen LogP contribution in [0, 0.1) is 0 Å². The van der Waals surface area contributed by atoms with E-state index >= 15 is 0 Å². The monoisotopic (exact) mass is 373 g/mol. The molecule has 0 saturated carbocycles. The second-order valence-electron chi connectivity index (χ2n) is 5.79. The smallest absolute Gasteiger partial charge is 0.304 e. The summed E-state index contributed by atoms with van der Waals surface area (Å²) in [7, 11) is 4.65. The maximum atomic E-state index is 6.04. The van der Waals surface area contributed by atoms with Gasteiger partial charge in [-0.15, -0.1) is 0 Å². The molecule has 9 nitrogen and oxygen atoms in total. The van der Waals surface area contributed by atoms with Gasteiger partial charge in [0.15, 0.2) is 28.5 Å². The number of unbranched alkanes of at least 4 members (excludes halogenated alkanes) is 1. The number of hydrogen-bond acceptors (Lipinski definition) is 8. The highest BCUT2D eigenvalue weighted by Gasteiger charge is 2.19. The van der Waals surface area contributed by atoms with Crippen LogP contribution in [-0.4, -0.2) is 40.8 Å². The molecule has 0 saturated heterocycles. The van der Waals surface area contributed by atoms with Crippen LogP contribution in [0.3, 0.4) is 0 Å². The van der Waals surface area contributed by atoms with Crippen LogP contribution in [0.4, 0.5) is 5.82 Å². The number of nitrogens with two attached hydrogens (primary N) is 1. The molecule has 0 aliphatic carbocycles. The Morgan fingerprint density at radius 2 is 1.74 bits per heavy atom. The topological polar surface area (TPSA) is 107 Å².